The van der Waals surface area contributed by atoms with Crippen LogP contribution >= 0.6 is 0 Å². The van der Waals surface area contributed by atoms with Crippen LogP contribution in [-0.4, -0.2) is 36.5 Å². The smallest absolute Gasteiger partial charge is 0.251 e. The Bertz CT molecular complexity index is 1630. The van der Waals surface area contributed by atoms with Gasteiger partial charge in [-0.3, -0.25) is 19.2 Å². The van der Waals surface area contributed by atoms with Crippen LogP contribution in [-0.2, 0) is 14.4 Å². The molecule has 0 saturated heterocycles. The zero-order valence-electron chi connectivity index (χ0n) is 29.7. The molecule has 48 heavy (non-hydrogen) atoms. The Kier molecular flexibility index (Phi) is 8.08. The fourth-order valence-electron chi connectivity index (χ4n) is 11.7. The summed E-state index contributed by atoms with van der Waals surface area (Å²) in [6.45, 7) is 19.9. The Morgan fingerprint density at radius 3 is 2.17 bits per heavy atom. The lowest BCUT2D eigenvalue weighted by Gasteiger charge is -2.70. The normalized spacial score (nSPS) is 40.1. The number of carbonyl (C=O) groups is 4. The lowest BCUT2D eigenvalue weighted by atomic mass is 9.33. The van der Waals surface area contributed by atoms with E-state index >= 15 is 0 Å². The number of carbonyl (C=O) groups excluding carboxylic acids is 4. The number of hydrogen-bond acceptors (Lipinski definition) is 4. The topological polar surface area (TPSA) is 92.3 Å². The van der Waals surface area contributed by atoms with Gasteiger partial charge in [0.15, 0.2) is 11.6 Å². The number of hydrogen-bond donors (Lipinski definition) is 2. The molecular formula is C40H52F2N2O4. The molecular weight excluding hydrogens is 610 g/mol. The van der Waals surface area contributed by atoms with Crippen LogP contribution in [0, 0.1) is 61.9 Å². The number of rotatable bonds is 5. The Morgan fingerprint density at radius 2 is 1.50 bits per heavy atom. The van der Waals surface area contributed by atoms with Gasteiger partial charge in [-0.05, 0) is 109 Å². The van der Waals surface area contributed by atoms with E-state index in [-0.39, 0.29) is 75.5 Å². The van der Waals surface area contributed by atoms with Crippen molar-refractivity contribution in [2.24, 2.45) is 50.2 Å². The molecule has 260 valence electrons. The molecule has 2 N–H and O–H groups in total. The van der Waals surface area contributed by atoms with Crippen molar-refractivity contribution in [3.8, 4) is 0 Å². The minimum absolute atomic E-state index is 0.0164. The molecule has 6 rings (SSSR count). The molecule has 0 bridgehead atoms. The standard InChI is InChI=1S/C40H52F2N2O4/c1-23-21-38(6)30(35(2,3)32(23)46)9-10-40(8)31(38)29(45)20-27-28-22-37(5,12-11-36(28,4)13-14-39(27,40)7)34(48)44-16-15-43-33(47)24-17-25(41)19-26(42)18-24/h17-20,28,30-31H,1,9-16,21-22H2,2-8H3,(H,43,47)(H,44,48)/t28-,30-,31+,36+,37-,38-,39+,40+/m0/s1. The van der Waals surface area contributed by atoms with Crippen LogP contribution < -0.4 is 10.6 Å². The van der Waals surface area contributed by atoms with Gasteiger partial charge in [0.25, 0.3) is 5.91 Å². The third-order valence-electron chi connectivity index (χ3n) is 14.6. The highest BCUT2D eigenvalue weighted by Gasteiger charge is 2.70. The lowest BCUT2D eigenvalue weighted by molar-refractivity contribution is -0.182. The number of fused-ring (bicyclic) bond motifs is 7. The molecule has 0 radical (unpaired) electrons. The zero-order chi connectivity index (χ0) is 35.2. The van der Waals surface area contributed by atoms with E-state index < -0.39 is 28.4 Å². The number of amides is 2. The molecule has 4 fully saturated rings. The van der Waals surface area contributed by atoms with Gasteiger partial charge < -0.3 is 10.6 Å². The van der Waals surface area contributed by atoms with Crippen molar-refractivity contribution in [2.75, 3.05) is 13.1 Å². The van der Waals surface area contributed by atoms with Gasteiger partial charge in [-0.2, -0.15) is 0 Å². The summed E-state index contributed by atoms with van der Waals surface area (Å²) in [7, 11) is 0. The van der Waals surface area contributed by atoms with Gasteiger partial charge in [-0.25, -0.2) is 8.78 Å². The highest BCUT2D eigenvalue weighted by atomic mass is 19.1. The Morgan fingerprint density at radius 1 is 0.875 bits per heavy atom. The monoisotopic (exact) mass is 662 g/mol. The fourth-order valence-corrected chi connectivity index (χ4v) is 11.7. The predicted molar refractivity (Wildman–Crippen MR) is 181 cm³/mol. The van der Waals surface area contributed by atoms with E-state index in [0.717, 1.165) is 50.7 Å². The van der Waals surface area contributed by atoms with Crippen LogP contribution in [0.1, 0.15) is 110 Å². The van der Waals surface area contributed by atoms with E-state index in [4.69, 9.17) is 0 Å². The van der Waals surface area contributed by atoms with Gasteiger partial charge in [0.05, 0.1) is 0 Å². The molecule has 8 heteroatoms. The van der Waals surface area contributed by atoms with Crippen molar-refractivity contribution in [3.05, 3.63) is 59.2 Å². The molecule has 5 aliphatic carbocycles. The highest BCUT2D eigenvalue weighted by molar-refractivity contribution is 6.01. The molecule has 0 aliphatic heterocycles. The maximum Gasteiger partial charge on any atom is 0.251 e. The average molecular weight is 663 g/mol. The second-order valence-corrected chi connectivity index (χ2v) is 17.8. The summed E-state index contributed by atoms with van der Waals surface area (Å²) in [6.07, 6.45) is 8.58. The van der Waals surface area contributed by atoms with E-state index in [2.05, 4.69) is 44.9 Å². The second-order valence-electron chi connectivity index (χ2n) is 17.8. The summed E-state index contributed by atoms with van der Waals surface area (Å²) in [4.78, 5) is 54.1. The molecule has 8 atom stereocenters. The Hall–Kier alpha value is -3.16. The number of benzene rings is 1. The molecule has 1 aromatic carbocycles. The Labute approximate surface area is 284 Å². The van der Waals surface area contributed by atoms with E-state index in [9.17, 15) is 28.0 Å². The van der Waals surface area contributed by atoms with Gasteiger partial charge in [0, 0.05) is 41.5 Å². The molecule has 6 nitrogen and oxygen atoms in total. The van der Waals surface area contributed by atoms with Crippen LogP contribution in [0.5, 0.6) is 0 Å². The second kappa shape index (κ2) is 11.2. The SMILES string of the molecule is C=C1C[C@]2(C)[C@H]3C(=O)C=C4[C@@H]5C[C@@](C)(C(=O)NCCNC(=O)c6cc(F)cc(F)c6)CC[C@]5(C)CC[C@@]4(C)[C@]3(C)CC[C@H]2C(C)(C)C1=O. The van der Waals surface area contributed by atoms with E-state index in [1.807, 2.05) is 26.8 Å². The van der Waals surface area contributed by atoms with Gasteiger partial charge in [0.1, 0.15) is 11.6 Å². The lowest BCUT2D eigenvalue weighted by Crippen LogP contribution is -2.66. The van der Waals surface area contributed by atoms with Gasteiger partial charge in [-0.15, -0.1) is 0 Å². The maximum atomic E-state index is 14.6. The van der Waals surface area contributed by atoms with Gasteiger partial charge in [-0.1, -0.05) is 60.6 Å². The molecule has 0 spiro atoms. The van der Waals surface area contributed by atoms with E-state index in [1.54, 1.807) is 0 Å². The summed E-state index contributed by atoms with van der Waals surface area (Å²) in [5.74, 6) is -2.06. The van der Waals surface area contributed by atoms with E-state index in [1.165, 1.54) is 5.57 Å². The summed E-state index contributed by atoms with van der Waals surface area (Å²) >= 11 is 0. The molecule has 5 aliphatic rings. The Balaban J connectivity index is 1.22. The number of Topliss-reactive ketones (excluding diaryl/α,β-unsaturated/α-hetero) is 1. The first kappa shape index (κ1) is 34.7. The predicted octanol–water partition coefficient (Wildman–Crippen LogP) is 7.53. The number of ketones is 2. The first-order chi connectivity index (χ1) is 22.2. The minimum Gasteiger partial charge on any atom is -0.354 e. The number of halogens is 2. The maximum absolute atomic E-state index is 14.6. The third-order valence-corrected chi connectivity index (χ3v) is 14.6. The first-order valence-electron chi connectivity index (χ1n) is 17.7. The average Bonchev–Trinajstić information content (AvgIpc) is 2.99. The van der Waals surface area contributed by atoms with Crippen molar-refractivity contribution in [2.45, 2.75) is 99.8 Å². The first-order valence-corrected chi connectivity index (χ1v) is 17.7. The number of nitrogens with one attached hydrogen (secondary N) is 2. The van der Waals surface area contributed by atoms with Crippen molar-refractivity contribution in [1.82, 2.24) is 10.6 Å². The minimum atomic E-state index is -0.828. The molecule has 0 unspecified atom stereocenters. The van der Waals surface area contributed by atoms with Gasteiger partial charge in [0.2, 0.25) is 5.91 Å². The number of allylic oxidation sites excluding steroid dienone is 3. The zero-order valence-corrected chi connectivity index (χ0v) is 29.7. The van der Waals surface area contributed by atoms with Crippen molar-refractivity contribution in [3.63, 3.8) is 0 Å². The third kappa shape index (κ3) is 4.97. The fraction of sp³-hybridized carbons (Fsp3) is 0.650. The van der Waals surface area contributed by atoms with Crippen LogP contribution in [0.25, 0.3) is 0 Å². The van der Waals surface area contributed by atoms with Crippen LogP contribution in [0.4, 0.5) is 8.78 Å². The van der Waals surface area contributed by atoms with Crippen LogP contribution in [0.3, 0.4) is 0 Å². The summed E-state index contributed by atoms with van der Waals surface area (Å²) in [5.41, 5.74) is -0.348. The quantitative estimate of drug-likeness (QED) is 0.252. The summed E-state index contributed by atoms with van der Waals surface area (Å²) in [6, 6.07) is 2.66. The van der Waals surface area contributed by atoms with Crippen LogP contribution in [0.2, 0.25) is 0 Å². The molecule has 0 aromatic heterocycles. The van der Waals surface area contributed by atoms with Crippen LogP contribution in [0.15, 0.2) is 42.0 Å². The summed E-state index contributed by atoms with van der Waals surface area (Å²) in [5, 5.41) is 5.63. The largest absolute Gasteiger partial charge is 0.354 e. The van der Waals surface area contributed by atoms with Crippen molar-refractivity contribution >= 4 is 23.4 Å². The summed E-state index contributed by atoms with van der Waals surface area (Å²) < 4.78 is 27.1. The molecule has 1 aromatic rings. The van der Waals surface area contributed by atoms with Gasteiger partial charge >= 0.3 is 0 Å². The molecule has 2 amide bonds. The van der Waals surface area contributed by atoms with E-state index in [0.29, 0.717) is 24.5 Å². The molecule has 4 saturated carbocycles. The molecule has 0 heterocycles. The van der Waals surface area contributed by atoms with Crippen molar-refractivity contribution < 1.29 is 28.0 Å². The van der Waals surface area contributed by atoms with Crippen molar-refractivity contribution in [1.29, 1.82) is 0 Å². The highest BCUT2D eigenvalue weighted by Crippen LogP contribution is 2.75.